The maximum absolute atomic E-state index is 12.3. The number of nitrogens with zero attached hydrogens (tertiary/aromatic N) is 1. The molecule has 2 aromatic rings. The molecule has 2 amide bonds. The van der Waals surface area contributed by atoms with Crippen LogP contribution in [-0.4, -0.2) is 66.0 Å². The Balaban J connectivity index is 1.40. The molecule has 2 aliphatic heterocycles. The monoisotopic (exact) mass is 555 g/mol. The van der Waals surface area contributed by atoms with Gasteiger partial charge in [0.05, 0.1) is 25.4 Å². The van der Waals surface area contributed by atoms with E-state index in [0.29, 0.717) is 31.2 Å². The summed E-state index contributed by atoms with van der Waals surface area (Å²) in [6.07, 6.45) is 3.77. The topological polar surface area (TPSA) is 130 Å². The van der Waals surface area contributed by atoms with Gasteiger partial charge in [-0.05, 0) is 55.5 Å². The highest BCUT2D eigenvalue weighted by Gasteiger charge is 2.35. The number of aliphatic hydroxyl groups is 1. The van der Waals surface area contributed by atoms with Crippen LogP contribution in [0.5, 0.6) is 0 Å². The van der Waals surface area contributed by atoms with Crippen molar-refractivity contribution in [1.82, 2.24) is 10.4 Å². The van der Waals surface area contributed by atoms with Crippen molar-refractivity contribution in [1.29, 1.82) is 0 Å². The number of methoxy groups -OCH3 is 1. The highest BCUT2D eigenvalue weighted by molar-refractivity contribution is 5.90. The van der Waals surface area contributed by atoms with Crippen LogP contribution in [-0.2, 0) is 30.4 Å². The molecule has 2 fully saturated rings. The minimum atomic E-state index is -0.563. The lowest BCUT2D eigenvalue weighted by atomic mass is 9.99. The molecule has 0 aromatic heterocycles. The molecule has 0 radical (unpaired) electrons. The first-order chi connectivity index (χ1) is 19.5. The van der Waals surface area contributed by atoms with Crippen LogP contribution in [0.4, 0.5) is 5.69 Å². The van der Waals surface area contributed by atoms with Crippen LogP contribution in [0.25, 0.3) is 0 Å². The van der Waals surface area contributed by atoms with Gasteiger partial charge in [0.2, 0.25) is 11.8 Å². The molecular weight excluding hydrogens is 514 g/mol. The molecule has 40 heavy (non-hydrogen) atoms. The van der Waals surface area contributed by atoms with E-state index in [2.05, 4.69) is 10.2 Å². The lowest BCUT2D eigenvalue weighted by Gasteiger charge is -2.38. The summed E-state index contributed by atoms with van der Waals surface area (Å²) in [4.78, 5) is 25.8. The molecule has 2 saturated heterocycles. The Kier molecular flexibility index (Phi) is 11.5. The third-order valence-corrected chi connectivity index (χ3v) is 7.56. The largest absolute Gasteiger partial charge is 0.392 e. The first-order valence-electron chi connectivity index (χ1n) is 14.1. The predicted molar refractivity (Wildman–Crippen MR) is 148 cm³/mol. The fraction of sp³-hybridized carbons (Fsp3) is 0.533. The molecular formula is C30H41N3O7. The van der Waals surface area contributed by atoms with Crippen LogP contribution in [0.2, 0.25) is 0 Å². The number of benzene rings is 2. The van der Waals surface area contributed by atoms with Crippen LogP contribution in [0.1, 0.15) is 74.0 Å². The molecule has 218 valence electrons. The molecule has 0 saturated carbocycles. The van der Waals surface area contributed by atoms with Crippen LogP contribution in [0.3, 0.4) is 0 Å². The lowest BCUT2D eigenvalue weighted by Crippen LogP contribution is -2.42. The maximum atomic E-state index is 12.3. The van der Waals surface area contributed by atoms with Crippen LogP contribution in [0.15, 0.2) is 48.5 Å². The number of hydrogen-bond acceptors (Lipinski definition) is 8. The normalized spacial score (nSPS) is 23.2. The highest BCUT2D eigenvalue weighted by Crippen LogP contribution is 2.39. The molecule has 4 N–H and O–H groups in total. The third-order valence-electron chi connectivity index (χ3n) is 7.56. The van der Waals surface area contributed by atoms with E-state index in [1.54, 1.807) is 12.6 Å². The second-order valence-corrected chi connectivity index (χ2v) is 10.5. The van der Waals surface area contributed by atoms with Gasteiger partial charge in [-0.3, -0.25) is 19.7 Å². The van der Waals surface area contributed by atoms with E-state index < -0.39 is 12.2 Å². The first kappa shape index (κ1) is 30.1. The Labute approximate surface area is 235 Å². The zero-order valence-electron chi connectivity index (χ0n) is 23.1. The standard InChI is InChI=1S/C30H41N3O7/c1-38-20-25-5-4-16-33(25)18-26-17-27(22-10-8-21(19-34)9-11-22)40-30(39-26)23-12-14-24(15-13-23)31-28(35)6-2-3-7-29(36)32-37/h8-15,25-27,30,34,37H,2-7,16-20H2,1H3,(H,31,35)(H,32,36)/t25-,26-,27+,30+/m0/s1. The number of carbonyl (C=O) groups is 2. The molecule has 0 spiro atoms. The zero-order valence-corrected chi connectivity index (χ0v) is 23.1. The minimum Gasteiger partial charge on any atom is -0.392 e. The van der Waals surface area contributed by atoms with Crippen molar-refractivity contribution in [3.63, 3.8) is 0 Å². The summed E-state index contributed by atoms with van der Waals surface area (Å²) in [5.41, 5.74) is 5.03. The number of aliphatic hydroxyl groups excluding tert-OH is 1. The van der Waals surface area contributed by atoms with Crippen molar-refractivity contribution < 1.29 is 34.1 Å². The Hall–Kier alpha value is -2.86. The van der Waals surface area contributed by atoms with Crippen molar-refractivity contribution in [2.24, 2.45) is 0 Å². The van der Waals surface area contributed by atoms with Gasteiger partial charge in [0.1, 0.15) is 0 Å². The summed E-state index contributed by atoms with van der Waals surface area (Å²) in [5, 5.41) is 20.9. The lowest BCUT2D eigenvalue weighted by molar-refractivity contribution is -0.253. The predicted octanol–water partition coefficient (Wildman–Crippen LogP) is 3.84. The van der Waals surface area contributed by atoms with Gasteiger partial charge in [-0.2, -0.15) is 0 Å². The SMILES string of the molecule is COC[C@@H]1CCCN1C[C@@H]1C[C@H](c2ccc(CO)cc2)O[C@H](c2ccc(NC(=O)CCCCC(=O)NO)cc2)O1. The van der Waals surface area contributed by atoms with E-state index in [0.717, 1.165) is 49.0 Å². The number of hydrogen-bond donors (Lipinski definition) is 4. The molecule has 2 aromatic carbocycles. The van der Waals surface area contributed by atoms with Gasteiger partial charge < -0.3 is 24.6 Å². The Morgan fingerprint density at radius 3 is 2.38 bits per heavy atom. The van der Waals surface area contributed by atoms with E-state index >= 15 is 0 Å². The number of carbonyl (C=O) groups excluding carboxylic acids is 2. The van der Waals surface area contributed by atoms with Crippen LogP contribution in [0, 0.1) is 0 Å². The molecule has 10 nitrogen and oxygen atoms in total. The van der Waals surface area contributed by atoms with Gasteiger partial charge >= 0.3 is 0 Å². The smallest absolute Gasteiger partial charge is 0.243 e. The summed E-state index contributed by atoms with van der Waals surface area (Å²) in [7, 11) is 1.74. The number of anilines is 1. The summed E-state index contributed by atoms with van der Waals surface area (Å²) in [5.74, 6) is -0.588. The summed E-state index contributed by atoms with van der Waals surface area (Å²) in [6.45, 7) is 2.54. The second kappa shape index (κ2) is 15.2. The summed E-state index contributed by atoms with van der Waals surface area (Å²) in [6, 6.07) is 15.7. The Morgan fingerprint density at radius 1 is 1.00 bits per heavy atom. The molecule has 2 heterocycles. The number of likely N-dealkylation sites (tertiary alicyclic amines) is 1. The Bertz CT molecular complexity index is 1080. The van der Waals surface area contributed by atoms with Crippen molar-refractivity contribution in [3.05, 3.63) is 65.2 Å². The third kappa shape index (κ3) is 8.57. The van der Waals surface area contributed by atoms with E-state index in [1.807, 2.05) is 48.5 Å². The first-order valence-corrected chi connectivity index (χ1v) is 14.1. The van der Waals surface area contributed by atoms with Gasteiger partial charge in [-0.25, -0.2) is 5.48 Å². The van der Waals surface area contributed by atoms with Gasteiger partial charge in [-0.1, -0.05) is 36.4 Å². The number of hydroxylamine groups is 1. The zero-order chi connectivity index (χ0) is 28.3. The Morgan fingerprint density at radius 2 is 1.70 bits per heavy atom. The summed E-state index contributed by atoms with van der Waals surface area (Å²) < 4.78 is 18.4. The average Bonchev–Trinajstić information content (AvgIpc) is 3.41. The fourth-order valence-electron chi connectivity index (χ4n) is 5.39. The van der Waals surface area contributed by atoms with E-state index in [9.17, 15) is 14.7 Å². The molecule has 4 atom stereocenters. The van der Waals surface area contributed by atoms with Crippen molar-refractivity contribution >= 4 is 17.5 Å². The van der Waals surface area contributed by atoms with Crippen molar-refractivity contribution in [3.8, 4) is 0 Å². The molecule has 10 heteroatoms. The fourth-order valence-corrected chi connectivity index (χ4v) is 5.39. The average molecular weight is 556 g/mol. The van der Waals surface area contributed by atoms with Crippen LogP contribution >= 0.6 is 0 Å². The molecule has 2 aliphatic rings. The molecule has 0 unspecified atom stereocenters. The van der Waals surface area contributed by atoms with E-state index in [1.165, 1.54) is 0 Å². The molecule has 0 bridgehead atoms. The van der Waals surface area contributed by atoms with Crippen molar-refractivity contribution in [2.45, 2.75) is 76.1 Å². The number of unbranched alkanes of at least 4 members (excludes halogenated alkanes) is 1. The van der Waals surface area contributed by atoms with Gasteiger partial charge in [-0.15, -0.1) is 0 Å². The van der Waals surface area contributed by atoms with E-state index in [4.69, 9.17) is 19.4 Å². The minimum absolute atomic E-state index is 0.000229. The molecule has 4 rings (SSSR count). The number of amides is 2. The second-order valence-electron chi connectivity index (χ2n) is 10.5. The quantitative estimate of drug-likeness (QED) is 0.167. The van der Waals surface area contributed by atoms with Gasteiger partial charge in [0.25, 0.3) is 0 Å². The van der Waals surface area contributed by atoms with E-state index in [-0.39, 0.29) is 37.6 Å². The number of nitrogens with one attached hydrogen (secondary N) is 2. The van der Waals surface area contributed by atoms with Crippen molar-refractivity contribution in [2.75, 3.05) is 32.1 Å². The maximum Gasteiger partial charge on any atom is 0.243 e. The number of ether oxygens (including phenoxy) is 3. The number of rotatable bonds is 13. The molecule has 0 aliphatic carbocycles. The van der Waals surface area contributed by atoms with Gasteiger partial charge in [0.15, 0.2) is 6.29 Å². The highest BCUT2D eigenvalue weighted by atomic mass is 16.7. The van der Waals surface area contributed by atoms with Gasteiger partial charge in [0, 0.05) is 50.2 Å². The van der Waals surface area contributed by atoms with Crippen LogP contribution < -0.4 is 10.8 Å². The summed E-state index contributed by atoms with van der Waals surface area (Å²) >= 11 is 0.